The van der Waals surface area contributed by atoms with Crippen LogP contribution in [0, 0.1) is 5.92 Å². The topological polar surface area (TPSA) is 21.3 Å². The maximum absolute atomic E-state index is 5.48. The summed E-state index contributed by atoms with van der Waals surface area (Å²) in [5.41, 5.74) is 0. The number of thiophene rings is 1. The van der Waals surface area contributed by atoms with Crippen molar-refractivity contribution >= 4 is 27.3 Å². The standard InChI is InChI=1S/C12H18BrNOS/c1-9(11-4-5-12(13)16-11)14-7-10-3-2-6-15-8-10/h4-5,9-10,14H,2-3,6-8H2,1H3. The lowest BCUT2D eigenvalue weighted by atomic mass is 10.0. The Morgan fingerprint density at radius 1 is 1.62 bits per heavy atom. The largest absolute Gasteiger partial charge is 0.381 e. The SMILES string of the molecule is CC(NCC1CCCOC1)c1ccc(Br)s1. The van der Waals surface area contributed by atoms with Gasteiger partial charge in [0.2, 0.25) is 0 Å². The van der Waals surface area contributed by atoms with Crippen LogP contribution >= 0.6 is 27.3 Å². The minimum absolute atomic E-state index is 0.443. The molecular formula is C12H18BrNOS. The third kappa shape index (κ3) is 3.55. The fourth-order valence-electron chi connectivity index (χ4n) is 1.97. The molecule has 0 amide bonds. The monoisotopic (exact) mass is 303 g/mol. The molecule has 0 bridgehead atoms. The average molecular weight is 304 g/mol. The number of nitrogens with one attached hydrogen (secondary N) is 1. The molecule has 2 rings (SSSR count). The normalized spacial score (nSPS) is 23.2. The fourth-order valence-corrected chi connectivity index (χ4v) is 3.42. The van der Waals surface area contributed by atoms with Crippen LogP contribution in [0.25, 0.3) is 0 Å². The Kier molecular flexibility index (Phi) is 4.82. The molecule has 0 aromatic carbocycles. The van der Waals surface area contributed by atoms with E-state index in [-0.39, 0.29) is 0 Å². The molecule has 1 aliphatic heterocycles. The molecule has 1 saturated heterocycles. The van der Waals surface area contributed by atoms with Crippen LogP contribution in [0.15, 0.2) is 15.9 Å². The zero-order valence-electron chi connectivity index (χ0n) is 9.54. The Hall–Kier alpha value is 0.1000. The van der Waals surface area contributed by atoms with Gasteiger partial charge in [-0.2, -0.15) is 0 Å². The molecule has 0 aliphatic carbocycles. The smallest absolute Gasteiger partial charge is 0.0701 e. The van der Waals surface area contributed by atoms with E-state index in [0.717, 1.165) is 19.8 Å². The van der Waals surface area contributed by atoms with E-state index in [0.29, 0.717) is 12.0 Å². The van der Waals surface area contributed by atoms with Gasteiger partial charge in [-0.3, -0.25) is 0 Å². The van der Waals surface area contributed by atoms with Crippen molar-refractivity contribution in [3.63, 3.8) is 0 Å². The molecule has 1 fully saturated rings. The van der Waals surface area contributed by atoms with Crippen LogP contribution in [-0.4, -0.2) is 19.8 Å². The van der Waals surface area contributed by atoms with Gasteiger partial charge in [-0.05, 0) is 53.7 Å². The summed E-state index contributed by atoms with van der Waals surface area (Å²) in [6.45, 7) is 5.16. The summed E-state index contributed by atoms with van der Waals surface area (Å²) in [5, 5.41) is 3.59. The molecule has 2 nitrogen and oxygen atoms in total. The van der Waals surface area contributed by atoms with Crippen molar-refractivity contribution in [3.8, 4) is 0 Å². The van der Waals surface area contributed by atoms with Gasteiger partial charge < -0.3 is 10.1 Å². The van der Waals surface area contributed by atoms with Crippen molar-refractivity contribution in [2.45, 2.75) is 25.8 Å². The van der Waals surface area contributed by atoms with Crippen LogP contribution in [-0.2, 0) is 4.74 Å². The fraction of sp³-hybridized carbons (Fsp3) is 0.667. The summed E-state index contributed by atoms with van der Waals surface area (Å²) in [5.74, 6) is 0.694. The van der Waals surface area contributed by atoms with E-state index < -0.39 is 0 Å². The van der Waals surface area contributed by atoms with Gasteiger partial charge >= 0.3 is 0 Å². The summed E-state index contributed by atoms with van der Waals surface area (Å²) in [6.07, 6.45) is 2.51. The minimum atomic E-state index is 0.443. The first-order valence-corrected chi connectivity index (χ1v) is 7.43. The molecular weight excluding hydrogens is 286 g/mol. The third-order valence-electron chi connectivity index (χ3n) is 2.99. The highest BCUT2D eigenvalue weighted by atomic mass is 79.9. The van der Waals surface area contributed by atoms with Gasteiger partial charge in [0.15, 0.2) is 0 Å². The number of hydrogen-bond acceptors (Lipinski definition) is 3. The van der Waals surface area contributed by atoms with Crippen LogP contribution in [0.2, 0.25) is 0 Å². The predicted octanol–water partition coefficient (Wildman–Crippen LogP) is 3.59. The van der Waals surface area contributed by atoms with Gasteiger partial charge in [-0.1, -0.05) is 0 Å². The molecule has 16 heavy (non-hydrogen) atoms. The van der Waals surface area contributed by atoms with E-state index in [1.807, 2.05) is 0 Å². The minimum Gasteiger partial charge on any atom is -0.381 e. The summed E-state index contributed by atoms with van der Waals surface area (Å²) < 4.78 is 6.69. The zero-order valence-corrected chi connectivity index (χ0v) is 11.9. The van der Waals surface area contributed by atoms with E-state index >= 15 is 0 Å². The van der Waals surface area contributed by atoms with Crippen molar-refractivity contribution in [2.75, 3.05) is 19.8 Å². The van der Waals surface area contributed by atoms with Gasteiger partial charge in [0, 0.05) is 24.1 Å². The van der Waals surface area contributed by atoms with Crippen molar-refractivity contribution < 1.29 is 4.74 Å². The summed E-state index contributed by atoms with van der Waals surface area (Å²) in [7, 11) is 0. The first kappa shape index (κ1) is 12.6. The number of hydrogen-bond donors (Lipinski definition) is 1. The lowest BCUT2D eigenvalue weighted by molar-refractivity contribution is 0.0540. The van der Waals surface area contributed by atoms with Crippen LogP contribution in [0.4, 0.5) is 0 Å². The average Bonchev–Trinajstić information content (AvgIpc) is 2.74. The highest BCUT2D eigenvalue weighted by Crippen LogP contribution is 2.27. The Morgan fingerprint density at radius 3 is 3.12 bits per heavy atom. The van der Waals surface area contributed by atoms with Crippen molar-refractivity contribution in [1.82, 2.24) is 5.32 Å². The van der Waals surface area contributed by atoms with Crippen LogP contribution in [0.1, 0.15) is 30.7 Å². The van der Waals surface area contributed by atoms with E-state index in [2.05, 4.69) is 40.3 Å². The van der Waals surface area contributed by atoms with Gasteiger partial charge in [0.1, 0.15) is 0 Å². The Bertz CT molecular complexity index is 323. The van der Waals surface area contributed by atoms with Crippen molar-refractivity contribution in [3.05, 3.63) is 20.8 Å². The summed E-state index contributed by atoms with van der Waals surface area (Å²) in [6, 6.07) is 4.74. The molecule has 0 spiro atoms. The van der Waals surface area contributed by atoms with Crippen LogP contribution < -0.4 is 5.32 Å². The van der Waals surface area contributed by atoms with E-state index in [1.54, 1.807) is 11.3 Å². The van der Waals surface area contributed by atoms with E-state index in [4.69, 9.17) is 4.74 Å². The van der Waals surface area contributed by atoms with Gasteiger partial charge in [0.05, 0.1) is 10.4 Å². The molecule has 4 heteroatoms. The molecule has 90 valence electrons. The predicted molar refractivity (Wildman–Crippen MR) is 72.0 cm³/mol. The molecule has 1 aliphatic rings. The molecule has 0 radical (unpaired) electrons. The summed E-state index contributed by atoms with van der Waals surface area (Å²) >= 11 is 5.30. The Labute approximate surface area is 110 Å². The highest BCUT2D eigenvalue weighted by molar-refractivity contribution is 9.11. The quantitative estimate of drug-likeness (QED) is 0.918. The highest BCUT2D eigenvalue weighted by Gasteiger charge is 2.15. The second-order valence-electron chi connectivity index (χ2n) is 4.35. The van der Waals surface area contributed by atoms with Crippen molar-refractivity contribution in [2.24, 2.45) is 5.92 Å². The number of halogens is 1. The molecule has 2 atom stereocenters. The van der Waals surface area contributed by atoms with Crippen molar-refractivity contribution in [1.29, 1.82) is 0 Å². The lowest BCUT2D eigenvalue weighted by Crippen LogP contribution is -2.30. The maximum Gasteiger partial charge on any atom is 0.0701 e. The van der Waals surface area contributed by atoms with Crippen LogP contribution in [0.5, 0.6) is 0 Å². The van der Waals surface area contributed by atoms with Crippen LogP contribution in [0.3, 0.4) is 0 Å². The third-order valence-corrected chi connectivity index (χ3v) is 4.79. The van der Waals surface area contributed by atoms with E-state index in [1.165, 1.54) is 21.5 Å². The van der Waals surface area contributed by atoms with E-state index in [9.17, 15) is 0 Å². The first-order chi connectivity index (χ1) is 7.75. The Balaban J connectivity index is 1.76. The molecule has 2 heterocycles. The molecule has 2 unspecified atom stereocenters. The van der Waals surface area contributed by atoms with Gasteiger partial charge in [-0.25, -0.2) is 0 Å². The molecule has 1 N–H and O–H groups in total. The molecule has 1 aromatic rings. The number of ether oxygens (including phenoxy) is 1. The second kappa shape index (κ2) is 6.15. The number of rotatable bonds is 4. The van der Waals surface area contributed by atoms with Gasteiger partial charge in [-0.15, -0.1) is 11.3 Å². The first-order valence-electron chi connectivity index (χ1n) is 5.82. The molecule has 0 saturated carbocycles. The zero-order chi connectivity index (χ0) is 11.4. The lowest BCUT2D eigenvalue weighted by Gasteiger charge is -2.24. The van der Waals surface area contributed by atoms with Gasteiger partial charge in [0.25, 0.3) is 0 Å². The molecule has 1 aromatic heterocycles. The second-order valence-corrected chi connectivity index (χ2v) is 6.85. The Morgan fingerprint density at radius 2 is 2.50 bits per heavy atom. The maximum atomic E-state index is 5.48. The summed E-state index contributed by atoms with van der Waals surface area (Å²) in [4.78, 5) is 1.39.